The number of halogens is 2. The lowest BCUT2D eigenvalue weighted by Gasteiger charge is -2.13. The van der Waals surface area contributed by atoms with Crippen LogP contribution in [0.4, 0.5) is 0 Å². The number of carbonyl (C=O) groups excluding carboxylic acids is 1. The Kier molecular flexibility index (Phi) is 7.76. The van der Waals surface area contributed by atoms with Crippen LogP contribution >= 0.6 is 23.2 Å². The Balaban J connectivity index is 1.68. The first-order chi connectivity index (χ1) is 15.0. The molecule has 0 unspecified atom stereocenters. The maximum absolute atomic E-state index is 12.1. The molecule has 0 radical (unpaired) electrons. The van der Waals surface area contributed by atoms with Crippen molar-refractivity contribution in [2.75, 3.05) is 6.61 Å². The third-order valence-corrected chi connectivity index (χ3v) is 4.78. The van der Waals surface area contributed by atoms with Gasteiger partial charge in [-0.25, -0.2) is 5.43 Å². The molecule has 8 heteroatoms. The first-order valence-electron chi connectivity index (χ1n) is 9.43. The second-order valence-corrected chi connectivity index (χ2v) is 7.22. The number of hydrazone groups is 1. The molecule has 3 aromatic carbocycles. The minimum atomic E-state index is -0.515. The Morgan fingerprint density at radius 3 is 2.61 bits per heavy atom. The average Bonchev–Trinajstić information content (AvgIpc) is 2.74. The second-order valence-electron chi connectivity index (χ2n) is 6.38. The Morgan fingerprint density at radius 1 is 1.06 bits per heavy atom. The smallest absolute Gasteiger partial charge is 0.275 e. The summed E-state index contributed by atoms with van der Waals surface area (Å²) in [7, 11) is 0. The zero-order chi connectivity index (χ0) is 22.2. The molecular weight excluding hydrogens is 439 g/mol. The molecule has 0 aliphatic carbocycles. The van der Waals surface area contributed by atoms with E-state index in [1.54, 1.807) is 48.5 Å². The van der Waals surface area contributed by atoms with E-state index in [-0.39, 0.29) is 17.9 Å². The van der Waals surface area contributed by atoms with Crippen molar-refractivity contribution < 1.29 is 19.4 Å². The molecule has 1 amide bonds. The molecule has 0 heterocycles. The van der Waals surface area contributed by atoms with E-state index < -0.39 is 5.91 Å². The second kappa shape index (κ2) is 10.7. The molecule has 0 spiro atoms. The van der Waals surface area contributed by atoms with Crippen LogP contribution in [-0.4, -0.2) is 23.8 Å². The quantitative estimate of drug-likeness (QED) is 0.347. The highest BCUT2D eigenvalue weighted by molar-refractivity contribution is 6.35. The number of rotatable bonds is 8. The van der Waals surface area contributed by atoms with Gasteiger partial charge in [-0.15, -0.1) is 0 Å². The summed E-state index contributed by atoms with van der Waals surface area (Å²) in [6.45, 7) is 2.57. The Hall–Kier alpha value is -3.22. The summed E-state index contributed by atoms with van der Waals surface area (Å²) in [4.78, 5) is 12.1. The summed E-state index contributed by atoms with van der Waals surface area (Å²) in [5, 5.41) is 14.8. The number of nitrogens with zero attached hydrogens (tertiary/aromatic N) is 1. The van der Waals surface area contributed by atoms with Gasteiger partial charge >= 0.3 is 0 Å². The highest BCUT2D eigenvalue weighted by Gasteiger charge is 2.10. The number of hydrogen-bond donors (Lipinski definition) is 2. The zero-order valence-corrected chi connectivity index (χ0v) is 18.2. The van der Waals surface area contributed by atoms with Gasteiger partial charge in [0.1, 0.15) is 12.4 Å². The molecule has 6 nitrogen and oxygen atoms in total. The number of nitrogens with one attached hydrogen (secondary N) is 1. The van der Waals surface area contributed by atoms with E-state index in [9.17, 15) is 9.90 Å². The lowest BCUT2D eigenvalue weighted by Crippen LogP contribution is -2.17. The molecule has 0 bridgehead atoms. The van der Waals surface area contributed by atoms with Gasteiger partial charge in [-0.05, 0) is 55.0 Å². The lowest BCUT2D eigenvalue weighted by atomic mass is 10.2. The Labute approximate surface area is 190 Å². The maximum Gasteiger partial charge on any atom is 0.275 e. The Bertz CT molecular complexity index is 1100. The fourth-order valence-electron chi connectivity index (χ4n) is 2.68. The van der Waals surface area contributed by atoms with Crippen LogP contribution in [0, 0.1) is 0 Å². The monoisotopic (exact) mass is 458 g/mol. The Morgan fingerprint density at radius 2 is 1.87 bits per heavy atom. The first kappa shape index (κ1) is 22.5. The van der Waals surface area contributed by atoms with Gasteiger partial charge in [-0.3, -0.25) is 4.79 Å². The molecule has 0 saturated carbocycles. The third-order valence-electron chi connectivity index (χ3n) is 4.19. The number of hydrogen-bond acceptors (Lipinski definition) is 5. The van der Waals surface area contributed by atoms with Crippen molar-refractivity contribution in [2.24, 2.45) is 5.10 Å². The molecule has 0 fully saturated rings. The molecule has 0 aromatic heterocycles. The van der Waals surface area contributed by atoms with E-state index in [0.29, 0.717) is 33.7 Å². The molecule has 160 valence electrons. The molecule has 0 atom stereocenters. The third kappa shape index (κ3) is 6.13. The molecule has 3 aromatic rings. The van der Waals surface area contributed by atoms with Crippen LogP contribution in [0.2, 0.25) is 10.0 Å². The summed E-state index contributed by atoms with van der Waals surface area (Å²) in [6, 6.07) is 16.7. The van der Waals surface area contributed by atoms with E-state index in [2.05, 4.69) is 10.5 Å². The van der Waals surface area contributed by atoms with E-state index >= 15 is 0 Å². The topological polar surface area (TPSA) is 80.2 Å². The number of para-hydroxylation sites is 1. The van der Waals surface area contributed by atoms with E-state index in [1.165, 1.54) is 18.3 Å². The summed E-state index contributed by atoms with van der Waals surface area (Å²) < 4.78 is 11.5. The standard InChI is InChI=1S/C23H20Cl2N2O4/c1-2-30-22-11-15(13-26-27-23(29)18-5-3-4-6-20(18)28)7-10-21(22)31-14-16-8-9-17(24)12-19(16)25/h3-13,28H,2,14H2,1H3,(H,27,29)/b26-13+. The van der Waals surface area contributed by atoms with Crippen molar-refractivity contribution >= 4 is 35.3 Å². The van der Waals surface area contributed by atoms with Crippen LogP contribution in [-0.2, 0) is 6.61 Å². The van der Waals surface area contributed by atoms with Crippen molar-refractivity contribution in [2.45, 2.75) is 13.5 Å². The average molecular weight is 459 g/mol. The van der Waals surface area contributed by atoms with Gasteiger partial charge < -0.3 is 14.6 Å². The molecule has 0 saturated heterocycles. The number of ether oxygens (including phenoxy) is 2. The van der Waals surface area contributed by atoms with Crippen LogP contribution < -0.4 is 14.9 Å². The summed E-state index contributed by atoms with van der Waals surface area (Å²) >= 11 is 12.1. The van der Waals surface area contributed by atoms with Crippen LogP contribution in [0.25, 0.3) is 0 Å². The minimum absolute atomic E-state index is 0.115. The van der Waals surface area contributed by atoms with Gasteiger partial charge in [0, 0.05) is 15.6 Å². The van der Waals surface area contributed by atoms with Gasteiger partial charge in [0.05, 0.1) is 18.4 Å². The van der Waals surface area contributed by atoms with Crippen molar-refractivity contribution in [3.05, 3.63) is 87.4 Å². The maximum atomic E-state index is 12.1. The van der Waals surface area contributed by atoms with E-state index in [4.69, 9.17) is 32.7 Å². The first-order valence-corrected chi connectivity index (χ1v) is 10.2. The zero-order valence-electron chi connectivity index (χ0n) is 16.6. The molecule has 3 rings (SSSR count). The number of benzene rings is 3. The number of amides is 1. The highest BCUT2D eigenvalue weighted by atomic mass is 35.5. The number of carbonyl (C=O) groups is 1. The van der Waals surface area contributed by atoms with Gasteiger partial charge in [0.2, 0.25) is 0 Å². The van der Waals surface area contributed by atoms with Crippen LogP contribution in [0.15, 0.2) is 65.8 Å². The van der Waals surface area contributed by atoms with Gasteiger partial charge in [0.25, 0.3) is 5.91 Å². The highest BCUT2D eigenvalue weighted by Crippen LogP contribution is 2.30. The molecule has 0 aliphatic rings. The fraction of sp³-hybridized carbons (Fsp3) is 0.130. The SMILES string of the molecule is CCOc1cc(/C=N/NC(=O)c2ccccc2O)ccc1OCc1ccc(Cl)cc1Cl. The van der Waals surface area contributed by atoms with Gasteiger partial charge in [-0.1, -0.05) is 41.4 Å². The number of aromatic hydroxyl groups is 1. The van der Waals surface area contributed by atoms with Crippen molar-refractivity contribution in [1.29, 1.82) is 0 Å². The van der Waals surface area contributed by atoms with Crippen molar-refractivity contribution in [3.8, 4) is 17.2 Å². The fourth-order valence-corrected chi connectivity index (χ4v) is 3.14. The summed E-state index contributed by atoms with van der Waals surface area (Å²) in [6.07, 6.45) is 1.47. The molecule has 2 N–H and O–H groups in total. The largest absolute Gasteiger partial charge is 0.507 e. The van der Waals surface area contributed by atoms with Gasteiger partial charge in [-0.2, -0.15) is 5.10 Å². The minimum Gasteiger partial charge on any atom is -0.507 e. The predicted molar refractivity (Wildman–Crippen MR) is 122 cm³/mol. The van der Waals surface area contributed by atoms with Crippen molar-refractivity contribution in [3.63, 3.8) is 0 Å². The predicted octanol–water partition coefficient (Wildman–Crippen LogP) is 5.44. The van der Waals surface area contributed by atoms with Crippen LogP contribution in [0.5, 0.6) is 17.2 Å². The molecular formula is C23H20Cl2N2O4. The lowest BCUT2D eigenvalue weighted by molar-refractivity contribution is 0.0952. The normalized spacial score (nSPS) is 10.8. The van der Waals surface area contributed by atoms with E-state index in [1.807, 2.05) is 6.92 Å². The number of phenols is 1. The van der Waals surface area contributed by atoms with Crippen LogP contribution in [0.1, 0.15) is 28.4 Å². The number of phenolic OH excluding ortho intramolecular Hbond substituents is 1. The van der Waals surface area contributed by atoms with Gasteiger partial charge in [0.15, 0.2) is 11.5 Å². The summed E-state index contributed by atoms with van der Waals surface area (Å²) in [5.74, 6) is 0.446. The summed E-state index contributed by atoms with van der Waals surface area (Å²) in [5.41, 5.74) is 4.01. The molecule has 0 aliphatic heterocycles. The van der Waals surface area contributed by atoms with E-state index in [0.717, 1.165) is 5.56 Å². The van der Waals surface area contributed by atoms with Crippen molar-refractivity contribution in [1.82, 2.24) is 5.43 Å². The van der Waals surface area contributed by atoms with Crippen LogP contribution in [0.3, 0.4) is 0 Å². The molecule has 31 heavy (non-hydrogen) atoms.